The molecule has 1 rings (SSSR count). The third kappa shape index (κ3) is 3.71. The first-order valence-corrected chi connectivity index (χ1v) is 4.55. The maximum absolute atomic E-state index is 8.97. The highest BCUT2D eigenvalue weighted by atomic mass is 79.9. The van der Waals surface area contributed by atoms with E-state index in [0.29, 0.717) is 5.75 Å². The van der Waals surface area contributed by atoms with Gasteiger partial charge in [0.05, 0.1) is 12.8 Å². The Morgan fingerprint density at radius 2 is 2.31 bits per heavy atom. The Hall–Kier alpha value is -0.650. The van der Waals surface area contributed by atoms with Gasteiger partial charge in [-0.05, 0) is 28.1 Å². The second-order valence-electron chi connectivity index (χ2n) is 2.46. The second kappa shape index (κ2) is 5.16. The first kappa shape index (κ1) is 10.4. The van der Waals surface area contributed by atoms with E-state index in [4.69, 9.17) is 14.9 Å². The number of nitrogens with zero attached hydrogens (tertiary/aromatic N) is 1. The average molecular weight is 248 g/mol. The second-order valence-corrected chi connectivity index (χ2v) is 3.28. The van der Waals surface area contributed by atoms with Crippen molar-refractivity contribution in [3.8, 4) is 5.75 Å². The Kier molecular flexibility index (Phi) is 4.14. The number of ether oxygens (including phenoxy) is 1. The van der Waals surface area contributed by atoms with Gasteiger partial charge in [0, 0.05) is 0 Å². The molecule has 13 heavy (non-hydrogen) atoms. The standard InChI is InChI=1S/C8H10BrNO3/c9-8-2-1-7(3-10-8)13-5-6(12)4-11/h1-3,6,11-12H,4-5H2. The van der Waals surface area contributed by atoms with Crippen LogP contribution in [0.15, 0.2) is 22.9 Å². The average Bonchev–Trinajstić information content (AvgIpc) is 2.16. The number of aliphatic hydroxyl groups excluding tert-OH is 2. The van der Waals surface area contributed by atoms with Crippen LogP contribution < -0.4 is 4.74 Å². The molecule has 0 fully saturated rings. The predicted octanol–water partition coefficient (Wildman–Crippen LogP) is 0.576. The van der Waals surface area contributed by atoms with Crippen LogP contribution in [0.25, 0.3) is 0 Å². The Balaban J connectivity index is 2.41. The SMILES string of the molecule is OCC(O)COc1ccc(Br)nc1. The minimum atomic E-state index is -0.844. The van der Waals surface area contributed by atoms with Crippen molar-refractivity contribution in [2.24, 2.45) is 0 Å². The normalized spacial score (nSPS) is 12.5. The van der Waals surface area contributed by atoms with Crippen LogP contribution in [-0.2, 0) is 0 Å². The summed E-state index contributed by atoms with van der Waals surface area (Å²) in [6.07, 6.45) is 0.692. The molecule has 0 bridgehead atoms. The van der Waals surface area contributed by atoms with Crippen LogP contribution >= 0.6 is 15.9 Å². The highest BCUT2D eigenvalue weighted by Gasteiger charge is 2.02. The Labute approximate surface area is 84.3 Å². The fourth-order valence-electron chi connectivity index (χ4n) is 0.693. The van der Waals surface area contributed by atoms with E-state index in [2.05, 4.69) is 20.9 Å². The summed E-state index contributed by atoms with van der Waals surface area (Å²) in [6.45, 7) is -0.232. The molecule has 0 saturated carbocycles. The molecule has 0 aliphatic rings. The molecule has 72 valence electrons. The summed E-state index contributed by atoms with van der Waals surface area (Å²) in [4.78, 5) is 3.93. The molecule has 0 saturated heterocycles. The van der Waals surface area contributed by atoms with E-state index in [1.165, 1.54) is 6.20 Å². The van der Waals surface area contributed by atoms with Crippen LogP contribution in [0, 0.1) is 0 Å². The maximum Gasteiger partial charge on any atom is 0.137 e. The Morgan fingerprint density at radius 3 is 2.85 bits per heavy atom. The minimum Gasteiger partial charge on any atom is -0.489 e. The molecule has 1 heterocycles. The fourth-order valence-corrected chi connectivity index (χ4v) is 0.927. The number of rotatable bonds is 4. The van der Waals surface area contributed by atoms with Crippen LogP contribution in [0.4, 0.5) is 0 Å². The van der Waals surface area contributed by atoms with Gasteiger partial charge in [0.2, 0.25) is 0 Å². The van der Waals surface area contributed by atoms with E-state index < -0.39 is 6.10 Å². The van der Waals surface area contributed by atoms with E-state index in [-0.39, 0.29) is 13.2 Å². The largest absolute Gasteiger partial charge is 0.489 e. The number of aromatic nitrogens is 1. The van der Waals surface area contributed by atoms with Crippen molar-refractivity contribution in [1.29, 1.82) is 0 Å². The quantitative estimate of drug-likeness (QED) is 0.765. The highest BCUT2D eigenvalue weighted by Crippen LogP contribution is 2.12. The molecule has 0 spiro atoms. The van der Waals surface area contributed by atoms with Gasteiger partial charge in [-0.15, -0.1) is 0 Å². The van der Waals surface area contributed by atoms with Gasteiger partial charge in [0.25, 0.3) is 0 Å². The van der Waals surface area contributed by atoms with Crippen LogP contribution in [0.3, 0.4) is 0 Å². The third-order valence-electron chi connectivity index (χ3n) is 1.35. The smallest absolute Gasteiger partial charge is 0.137 e. The lowest BCUT2D eigenvalue weighted by Crippen LogP contribution is -2.21. The molecule has 1 atom stereocenters. The molecule has 5 heteroatoms. The molecule has 0 radical (unpaired) electrons. The predicted molar refractivity (Wildman–Crippen MR) is 50.5 cm³/mol. The Morgan fingerprint density at radius 1 is 1.54 bits per heavy atom. The summed E-state index contributed by atoms with van der Waals surface area (Å²) < 4.78 is 5.84. The van der Waals surface area contributed by atoms with E-state index in [9.17, 15) is 0 Å². The van der Waals surface area contributed by atoms with Crippen molar-refractivity contribution >= 4 is 15.9 Å². The number of halogens is 1. The maximum atomic E-state index is 8.97. The zero-order valence-electron chi connectivity index (χ0n) is 6.85. The van der Waals surface area contributed by atoms with Crippen LogP contribution in [0.5, 0.6) is 5.75 Å². The van der Waals surface area contributed by atoms with E-state index in [1.54, 1.807) is 12.1 Å². The van der Waals surface area contributed by atoms with Gasteiger partial charge in [-0.1, -0.05) is 0 Å². The summed E-state index contributed by atoms with van der Waals surface area (Å²) in [6, 6.07) is 3.46. The van der Waals surface area contributed by atoms with Crippen LogP contribution in [0.1, 0.15) is 0 Å². The molecular formula is C8H10BrNO3. The van der Waals surface area contributed by atoms with E-state index in [0.717, 1.165) is 4.60 Å². The first-order valence-electron chi connectivity index (χ1n) is 3.75. The van der Waals surface area contributed by atoms with E-state index in [1.807, 2.05) is 0 Å². The zero-order valence-corrected chi connectivity index (χ0v) is 8.44. The molecule has 0 aromatic carbocycles. The van der Waals surface area contributed by atoms with Gasteiger partial charge in [-0.2, -0.15) is 0 Å². The number of pyridine rings is 1. The molecular weight excluding hydrogens is 238 g/mol. The molecule has 1 aromatic rings. The lowest BCUT2D eigenvalue weighted by Gasteiger charge is -2.08. The third-order valence-corrected chi connectivity index (χ3v) is 1.82. The molecule has 1 aromatic heterocycles. The minimum absolute atomic E-state index is 0.0693. The summed E-state index contributed by atoms with van der Waals surface area (Å²) in [5.41, 5.74) is 0. The number of hydrogen-bond donors (Lipinski definition) is 2. The van der Waals surface area contributed by atoms with E-state index >= 15 is 0 Å². The monoisotopic (exact) mass is 247 g/mol. The Bertz CT molecular complexity index is 252. The van der Waals surface area contributed by atoms with Crippen molar-refractivity contribution in [1.82, 2.24) is 4.98 Å². The molecule has 0 amide bonds. The molecule has 0 aliphatic heterocycles. The van der Waals surface area contributed by atoms with Gasteiger partial charge in [-0.25, -0.2) is 4.98 Å². The van der Waals surface area contributed by atoms with Gasteiger partial charge in [0.1, 0.15) is 23.1 Å². The summed E-state index contributed by atoms with van der Waals surface area (Å²) in [5.74, 6) is 0.565. The van der Waals surface area contributed by atoms with Crippen molar-refractivity contribution in [2.45, 2.75) is 6.10 Å². The zero-order chi connectivity index (χ0) is 9.68. The lowest BCUT2D eigenvalue weighted by atomic mass is 10.4. The van der Waals surface area contributed by atoms with Crippen molar-refractivity contribution in [3.63, 3.8) is 0 Å². The molecule has 2 N–H and O–H groups in total. The number of hydrogen-bond acceptors (Lipinski definition) is 4. The lowest BCUT2D eigenvalue weighted by molar-refractivity contribution is 0.0535. The highest BCUT2D eigenvalue weighted by molar-refractivity contribution is 9.10. The topological polar surface area (TPSA) is 62.6 Å². The van der Waals surface area contributed by atoms with Gasteiger partial charge in [-0.3, -0.25) is 0 Å². The summed E-state index contributed by atoms with van der Waals surface area (Å²) in [5, 5.41) is 17.5. The van der Waals surface area contributed by atoms with Crippen LogP contribution in [-0.4, -0.2) is 34.5 Å². The van der Waals surface area contributed by atoms with Crippen molar-refractivity contribution < 1.29 is 14.9 Å². The van der Waals surface area contributed by atoms with Crippen LogP contribution in [0.2, 0.25) is 0 Å². The first-order chi connectivity index (χ1) is 6.22. The van der Waals surface area contributed by atoms with Gasteiger partial charge in [0.15, 0.2) is 0 Å². The van der Waals surface area contributed by atoms with Gasteiger partial charge >= 0.3 is 0 Å². The van der Waals surface area contributed by atoms with Crippen molar-refractivity contribution in [3.05, 3.63) is 22.9 Å². The molecule has 0 aliphatic carbocycles. The number of aliphatic hydroxyl groups is 2. The fraction of sp³-hybridized carbons (Fsp3) is 0.375. The summed E-state index contributed by atoms with van der Waals surface area (Å²) >= 11 is 3.18. The molecule has 4 nitrogen and oxygen atoms in total. The summed E-state index contributed by atoms with van der Waals surface area (Å²) in [7, 11) is 0. The van der Waals surface area contributed by atoms with Crippen molar-refractivity contribution in [2.75, 3.05) is 13.2 Å². The molecule has 1 unspecified atom stereocenters. The van der Waals surface area contributed by atoms with Gasteiger partial charge < -0.3 is 14.9 Å².